The number of benzene rings is 3. The fourth-order valence-corrected chi connectivity index (χ4v) is 6.91. The molecule has 12 heteroatoms. The number of fused-ring (bicyclic) bond motifs is 4. The van der Waals surface area contributed by atoms with Crippen LogP contribution in [0.2, 0.25) is 0 Å². The van der Waals surface area contributed by atoms with Crippen molar-refractivity contribution in [1.82, 2.24) is 9.88 Å². The Labute approximate surface area is 273 Å². The van der Waals surface area contributed by atoms with Crippen molar-refractivity contribution in [3.63, 3.8) is 0 Å². The summed E-state index contributed by atoms with van der Waals surface area (Å²) in [5, 5.41) is 6.01. The number of halogens is 6. The average Bonchev–Trinajstić information content (AvgIpc) is 3.04. The predicted molar refractivity (Wildman–Crippen MR) is 174 cm³/mol. The highest BCUT2D eigenvalue weighted by molar-refractivity contribution is 7.80. The molecule has 2 unspecified atom stereocenters. The molecule has 3 aliphatic heterocycles. The zero-order chi connectivity index (χ0) is 33.3. The highest BCUT2D eigenvalue weighted by Crippen LogP contribution is 2.44. The highest BCUT2D eigenvalue weighted by atomic mass is 32.1. The van der Waals surface area contributed by atoms with E-state index in [4.69, 9.17) is 17.0 Å². The number of piperidine rings is 3. The van der Waals surface area contributed by atoms with Crippen molar-refractivity contribution in [2.45, 2.75) is 43.9 Å². The van der Waals surface area contributed by atoms with Gasteiger partial charge >= 0.3 is 12.4 Å². The molecule has 4 aromatic rings. The quantitative estimate of drug-likeness (QED) is 0.111. The van der Waals surface area contributed by atoms with Crippen molar-refractivity contribution in [1.29, 1.82) is 0 Å². The molecule has 47 heavy (non-hydrogen) atoms. The Kier molecular flexibility index (Phi) is 9.28. The Hall–Kier alpha value is -4.00. The molecule has 3 saturated heterocycles. The molecule has 0 spiro atoms. The standard InChI is InChI=1S/C35H32F6N4OS/c1-2-22-19-45-13-11-23(22)14-31(45)32(46-20-21-6-4-3-5-7-21)28-10-12-42-30-9-8-26(18-29(28)30)43-33(47)44-27-16-24(34(36,37)38)15-25(17-27)35(39,40)41/h2-10,12,15-18,22-23,31-32H,1,11,13-14,19-20H2,(H2,43,44,47)/t22?,23-,31-,32+/m0/s1. The summed E-state index contributed by atoms with van der Waals surface area (Å²) in [6, 6.07) is 18.5. The SMILES string of the molecule is C=CC1CN2CC[C@H]1C[C@H]2[C@H](OCc1ccccc1)c1ccnc2ccc(NC(=S)Nc3cc(C(F)(F)F)cc(C(F)(F)F)c3)cc12. The lowest BCUT2D eigenvalue weighted by Gasteiger charge is -2.51. The van der Waals surface area contributed by atoms with Crippen molar-refractivity contribution in [3.8, 4) is 0 Å². The van der Waals surface area contributed by atoms with Crippen LogP contribution in [0.3, 0.4) is 0 Å². The Morgan fingerprint density at radius 3 is 2.30 bits per heavy atom. The molecule has 0 saturated carbocycles. The zero-order valence-corrected chi connectivity index (χ0v) is 25.9. The van der Waals surface area contributed by atoms with Crippen LogP contribution in [0.15, 0.2) is 91.6 Å². The van der Waals surface area contributed by atoms with Crippen molar-refractivity contribution in [2.24, 2.45) is 11.8 Å². The number of anilines is 2. The van der Waals surface area contributed by atoms with Crippen LogP contribution < -0.4 is 10.6 Å². The van der Waals surface area contributed by atoms with Gasteiger partial charge in [-0.2, -0.15) is 26.3 Å². The molecule has 5 nitrogen and oxygen atoms in total. The third kappa shape index (κ3) is 7.45. The van der Waals surface area contributed by atoms with Gasteiger partial charge in [-0.15, -0.1) is 6.58 Å². The molecule has 246 valence electrons. The van der Waals surface area contributed by atoms with Crippen LogP contribution in [0.25, 0.3) is 10.9 Å². The predicted octanol–water partition coefficient (Wildman–Crippen LogP) is 9.24. The first-order chi connectivity index (χ1) is 22.4. The van der Waals surface area contributed by atoms with Gasteiger partial charge in [-0.25, -0.2) is 0 Å². The number of hydrogen-bond donors (Lipinski definition) is 2. The lowest BCUT2D eigenvalue weighted by Crippen LogP contribution is -2.55. The molecule has 0 amide bonds. The monoisotopic (exact) mass is 670 g/mol. The Balaban J connectivity index is 1.29. The smallest absolute Gasteiger partial charge is 0.367 e. The fourth-order valence-electron chi connectivity index (χ4n) is 6.67. The van der Waals surface area contributed by atoms with Gasteiger partial charge in [0.2, 0.25) is 0 Å². The lowest BCUT2D eigenvalue weighted by atomic mass is 9.73. The number of hydrogen-bond acceptors (Lipinski definition) is 4. The summed E-state index contributed by atoms with van der Waals surface area (Å²) >= 11 is 5.32. The largest absolute Gasteiger partial charge is 0.416 e. The number of nitrogens with one attached hydrogen (secondary N) is 2. The number of nitrogens with zero attached hydrogens (tertiary/aromatic N) is 2. The minimum atomic E-state index is -4.98. The maximum Gasteiger partial charge on any atom is 0.416 e. The fraction of sp³-hybridized carbons (Fsp3) is 0.314. The van der Waals surface area contributed by atoms with E-state index in [2.05, 4.69) is 27.1 Å². The van der Waals surface area contributed by atoms with Crippen LogP contribution in [0, 0.1) is 11.8 Å². The Morgan fingerprint density at radius 2 is 1.66 bits per heavy atom. The molecule has 2 bridgehead atoms. The van der Waals surface area contributed by atoms with Crippen molar-refractivity contribution < 1.29 is 31.1 Å². The van der Waals surface area contributed by atoms with E-state index in [1.165, 1.54) is 0 Å². The minimum absolute atomic E-state index is 0.0715. The molecule has 2 N–H and O–H groups in total. The number of aromatic nitrogens is 1. The minimum Gasteiger partial charge on any atom is -0.367 e. The van der Waals surface area contributed by atoms with Gasteiger partial charge in [0.1, 0.15) is 0 Å². The second-order valence-corrected chi connectivity index (χ2v) is 12.4. The zero-order valence-electron chi connectivity index (χ0n) is 25.1. The van der Waals surface area contributed by atoms with Gasteiger partial charge in [0.25, 0.3) is 0 Å². The van der Waals surface area contributed by atoms with E-state index in [1.54, 1.807) is 18.3 Å². The Morgan fingerprint density at radius 1 is 0.957 bits per heavy atom. The van der Waals surface area contributed by atoms with Crippen LogP contribution in [-0.4, -0.2) is 34.1 Å². The summed E-state index contributed by atoms with van der Waals surface area (Å²) in [7, 11) is 0. The van der Waals surface area contributed by atoms with Gasteiger partial charge in [0.15, 0.2) is 5.11 Å². The van der Waals surface area contributed by atoms with Crippen molar-refractivity contribution in [2.75, 3.05) is 23.7 Å². The molecule has 4 heterocycles. The number of pyridine rings is 1. The number of rotatable bonds is 8. The summed E-state index contributed by atoms with van der Waals surface area (Å²) in [4.78, 5) is 7.01. The first-order valence-electron chi connectivity index (χ1n) is 15.2. The topological polar surface area (TPSA) is 49.4 Å². The van der Waals surface area contributed by atoms with E-state index in [0.29, 0.717) is 41.8 Å². The first-order valence-corrected chi connectivity index (χ1v) is 15.6. The van der Waals surface area contributed by atoms with Crippen molar-refractivity contribution >= 4 is 39.6 Å². The lowest BCUT2D eigenvalue weighted by molar-refractivity contribution is -0.143. The summed E-state index contributed by atoms with van der Waals surface area (Å²) < 4.78 is 87.0. The molecule has 7 rings (SSSR count). The van der Waals surface area contributed by atoms with Gasteiger partial charge < -0.3 is 15.4 Å². The maximum atomic E-state index is 13.4. The summed E-state index contributed by atoms with van der Waals surface area (Å²) in [5.74, 6) is 0.935. The van der Waals surface area contributed by atoms with E-state index in [9.17, 15) is 26.3 Å². The van der Waals surface area contributed by atoms with Crippen molar-refractivity contribution in [3.05, 3.63) is 114 Å². The van der Waals surface area contributed by atoms with E-state index in [-0.39, 0.29) is 23.3 Å². The summed E-state index contributed by atoms with van der Waals surface area (Å²) in [6.07, 6.45) is -4.42. The molecule has 0 aliphatic carbocycles. The van der Waals surface area contributed by atoms with Gasteiger partial charge in [-0.05, 0) is 97.0 Å². The molecular weight excluding hydrogens is 638 g/mol. The van der Waals surface area contributed by atoms with Gasteiger partial charge in [0, 0.05) is 35.5 Å². The van der Waals surface area contributed by atoms with Gasteiger partial charge in [-0.3, -0.25) is 9.88 Å². The number of alkyl halides is 6. The molecule has 3 aliphatic rings. The molecule has 0 radical (unpaired) electrons. The van der Waals surface area contributed by atoms with Gasteiger partial charge in [0.05, 0.1) is 29.4 Å². The summed E-state index contributed by atoms with van der Waals surface area (Å²) in [6.45, 7) is 6.32. The maximum absolute atomic E-state index is 13.4. The number of ether oxygens (including phenoxy) is 1. The highest BCUT2D eigenvalue weighted by Gasteiger charge is 2.43. The second-order valence-electron chi connectivity index (χ2n) is 12.0. The van der Waals surface area contributed by atoms with E-state index >= 15 is 0 Å². The van der Waals surface area contributed by atoms with Crippen LogP contribution in [-0.2, 0) is 23.7 Å². The van der Waals surface area contributed by atoms with Crippen LogP contribution in [0.5, 0.6) is 0 Å². The van der Waals surface area contributed by atoms with Crippen LogP contribution in [0.1, 0.15) is 41.2 Å². The van der Waals surface area contributed by atoms with Crippen LogP contribution >= 0.6 is 12.2 Å². The van der Waals surface area contributed by atoms with E-state index in [1.807, 2.05) is 48.5 Å². The molecule has 3 aromatic carbocycles. The first kappa shape index (κ1) is 32.9. The van der Waals surface area contributed by atoms with Gasteiger partial charge in [-0.1, -0.05) is 36.4 Å². The van der Waals surface area contributed by atoms with Crippen LogP contribution in [0.4, 0.5) is 37.7 Å². The molecule has 3 fully saturated rings. The Bertz CT molecular complexity index is 1730. The normalized spacial score (nSPS) is 21.7. The summed E-state index contributed by atoms with van der Waals surface area (Å²) in [5.41, 5.74) is -0.174. The second kappa shape index (κ2) is 13.2. The van der Waals surface area contributed by atoms with E-state index in [0.717, 1.165) is 42.4 Å². The molecule has 5 atom stereocenters. The molecule has 1 aromatic heterocycles. The molecular formula is C35H32F6N4OS. The third-order valence-electron chi connectivity index (χ3n) is 8.96. The average molecular weight is 671 g/mol. The van der Waals surface area contributed by atoms with E-state index < -0.39 is 29.2 Å². The number of thiocarbonyl (C=S) groups is 1. The third-order valence-corrected chi connectivity index (χ3v) is 9.17.